The number of aliphatic carboxylic acids is 1. The fraction of sp³-hybridized carbons (Fsp3) is 0.909. The lowest BCUT2D eigenvalue weighted by Gasteiger charge is -2.23. The molecule has 0 aromatic rings. The number of carboxylic acid groups (broad SMARTS) is 1. The molecule has 1 heterocycles. The first-order valence-corrected chi connectivity index (χ1v) is 5.86. The van der Waals surface area contributed by atoms with E-state index in [1.165, 1.54) is 25.9 Å². The fourth-order valence-corrected chi connectivity index (χ4v) is 1.99. The maximum absolute atomic E-state index is 10.3. The molecule has 0 saturated carbocycles. The second kappa shape index (κ2) is 6.80. The minimum atomic E-state index is -0.704. The third-order valence-corrected chi connectivity index (χ3v) is 2.95. The Morgan fingerprint density at radius 3 is 2.73 bits per heavy atom. The van der Waals surface area contributed by atoms with Gasteiger partial charge >= 0.3 is 5.97 Å². The van der Waals surface area contributed by atoms with Gasteiger partial charge in [0.1, 0.15) is 0 Å². The molecular weight excluding hydrogens is 192 g/mol. The minimum absolute atomic E-state index is 0.269. The number of rotatable bonds is 7. The van der Waals surface area contributed by atoms with Crippen LogP contribution in [-0.4, -0.2) is 48.2 Å². The molecule has 1 rings (SSSR count). The Balaban J connectivity index is 1.96. The van der Waals surface area contributed by atoms with Gasteiger partial charge in [-0.2, -0.15) is 0 Å². The maximum Gasteiger partial charge on any atom is 0.303 e. The first-order chi connectivity index (χ1) is 7.20. The van der Waals surface area contributed by atoms with E-state index in [2.05, 4.69) is 17.1 Å². The highest BCUT2D eigenvalue weighted by Crippen LogP contribution is 2.10. The van der Waals surface area contributed by atoms with Crippen molar-refractivity contribution in [1.82, 2.24) is 10.2 Å². The number of hydrogen-bond donors (Lipinski definition) is 2. The minimum Gasteiger partial charge on any atom is -0.481 e. The van der Waals surface area contributed by atoms with E-state index in [1.807, 2.05) is 0 Å². The van der Waals surface area contributed by atoms with Crippen molar-refractivity contribution in [2.75, 3.05) is 26.2 Å². The third kappa shape index (κ3) is 5.14. The second-order valence-corrected chi connectivity index (χ2v) is 4.29. The number of carboxylic acids is 1. The van der Waals surface area contributed by atoms with Gasteiger partial charge in [-0.05, 0) is 45.8 Å². The Hall–Kier alpha value is -0.610. The summed E-state index contributed by atoms with van der Waals surface area (Å²) in [5.41, 5.74) is 0. The lowest BCUT2D eigenvalue weighted by molar-refractivity contribution is -0.137. The molecule has 1 atom stereocenters. The molecule has 88 valence electrons. The number of nitrogens with zero attached hydrogens (tertiary/aromatic N) is 1. The van der Waals surface area contributed by atoms with Gasteiger partial charge in [0.15, 0.2) is 0 Å². The van der Waals surface area contributed by atoms with Gasteiger partial charge in [0.05, 0.1) is 0 Å². The van der Waals surface area contributed by atoms with Gasteiger partial charge < -0.3 is 10.4 Å². The van der Waals surface area contributed by atoms with Crippen LogP contribution in [-0.2, 0) is 4.79 Å². The summed E-state index contributed by atoms with van der Waals surface area (Å²) in [5.74, 6) is -0.704. The van der Waals surface area contributed by atoms with Crippen molar-refractivity contribution in [3.8, 4) is 0 Å². The van der Waals surface area contributed by atoms with Gasteiger partial charge in [-0.1, -0.05) is 0 Å². The van der Waals surface area contributed by atoms with Crippen LogP contribution in [0.1, 0.15) is 32.6 Å². The quantitative estimate of drug-likeness (QED) is 0.619. The monoisotopic (exact) mass is 214 g/mol. The van der Waals surface area contributed by atoms with Crippen LogP contribution in [0.2, 0.25) is 0 Å². The Labute approximate surface area is 91.6 Å². The van der Waals surface area contributed by atoms with Gasteiger partial charge in [-0.3, -0.25) is 9.69 Å². The van der Waals surface area contributed by atoms with E-state index < -0.39 is 5.97 Å². The molecule has 0 bridgehead atoms. The summed E-state index contributed by atoms with van der Waals surface area (Å²) in [4.78, 5) is 12.8. The maximum atomic E-state index is 10.3. The molecule has 0 aromatic carbocycles. The van der Waals surface area contributed by atoms with Crippen molar-refractivity contribution in [2.24, 2.45) is 0 Å². The molecule has 1 unspecified atom stereocenters. The zero-order chi connectivity index (χ0) is 11.1. The molecule has 1 saturated heterocycles. The first-order valence-electron chi connectivity index (χ1n) is 5.86. The highest BCUT2D eigenvalue weighted by Gasteiger charge is 2.16. The van der Waals surface area contributed by atoms with Crippen molar-refractivity contribution in [3.63, 3.8) is 0 Å². The molecule has 1 aliphatic heterocycles. The normalized spacial score (nSPS) is 19.3. The Morgan fingerprint density at radius 2 is 2.13 bits per heavy atom. The van der Waals surface area contributed by atoms with Gasteiger partial charge in [0, 0.05) is 19.0 Å². The van der Waals surface area contributed by atoms with Gasteiger partial charge in [-0.15, -0.1) is 0 Å². The van der Waals surface area contributed by atoms with E-state index in [1.54, 1.807) is 0 Å². The lowest BCUT2D eigenvalue weighted by Crippen LogP contribution is -2.38. The van der Waals surface area contributed by atoms with Crippen molar-refractivity contribution in [1.29, 1.82) is 0 Å². The van der Waals surface area contributed by atoms with Crippen molar-refractivity contribution >= 4 is 5.97 Å². The Morgan fingerprint density at radius 1 is 1.47 bits per heavy atom. The highest BCUT2D eigenvalue weighted by molar-refractivity contribution is 5.66. The van der Waals surface area contributed by atoms with Gasteiger partial charge in [0.25, 0.3) is 0 Å². The lowest BCUT2D eigenvalue weighted by atomic mass is 10.2. The molecule has 4 nitrogen and oxygen atoms in total. The van der Waals surface area contributed by atoms with Gasteiger partial charge in [-0.25, -0.2) is 0 Å². The van der Waals surface area contributed by atoms with Crippen LogP contribution in [0.15, 0.2) is 0 Å². The fourth-order valence-electron chi connectivity index (χ4n) is 1.99. The number of likely N-dealkylation sites (tertiary alicyclic amines) is 1. The molecule has 4 heteroatoms. The molecule has 0 spiro atoms. The summed E-state index contributed by atoms with van der Waals surface area (Å²) in [7, 11) is 0. The summed E-state index contributed by atoms with van der Waals surface area (Å²) in [5, 5.41) is 11.8. The van der Waals surface area contributed by atoms with Crippen molar-refractivity contribution in [2.45, 2.75) is 38.6 Å². The standard InChI is InChI=1S/C11H22N2O2/c1-10(13-7-2-3-8-13)9-12-6-4-5-11(14)15/h10,12H,2-9H2,1H3,(H,14,15). The summed E-state index contributed by atoms with van der Waals surface area (Å²) in [6.45, 7) is 6.45. The van der Waals surface area contributed by atoms with Crippen molar-refractivity contribution in [3.05, 3.63) is 0 Å². The predicted octanol–water partition coefficient (Wildman–Crippen LogP) is 0.925. The topological polar surface area (TPSA) is 52.6 Å². The summed E-state index contributed by atoms with van der Waals surface area (Å²) < 4.78 is 0. The van der Waals surface area contributed by atoms with Crippen LogP contribution < -0.4 is 5.32 Å². The molecule has 0 aliphatic carbocycles. The van der Waals surface area contributed by atoms with E-state index in [9.17, 15) is 4.79 Å². The molecule has 0 radical (unpaired) electrons. The third-order valence-electron chi connectivity index (χ3n) is 2.95. The second-order valence-electron chi connectivity index (χ2n) is 4.29. The van der Waals surface area contributed by atoms with Crippen LogP contribution in [0.5, 0.6) is 0 Å². The molecule has 0 amide bonds. The first kappa shape index (κ1) is 12.5. The van der Waals surface area contributed by atoms with Crippen LogP contribution >= 0.6 is 0 Å². The number of carbonyl (C=O) groups is 1. The molecule has 1 aliphatic rings. The summed E-state index contributed by atoms with van der Waals surface area (Å²) in [6.07, 6.45) is 3.64. The number of nitrogens with one attached hydrogen (secondary N) is 1. The number of hydrogen-bond acceptors (Lipinski definition) is 3. The summed E-state index contributed by atoms with van der Waals surface area (Å²) >= 11 is 0. The van der Waals surface area contributed by atoms with Crippen LogP contribution in [0.4, 0.5) is 0 Å². The Bertz CT molecular complexity index is 191. The SMILES string of the molecule is CC(CNCCCC(=O)O)N1CCCC1. The predicted molar refractivity (Wildman–Crippen MR) is 60.0 cm³/mol. The van der Waals surface area contributed by atoms with E-state index in [4.69, 9.17) is 5.11 Å². The zero-order valence-corrected chi connectivity index (χ0v) is 9.54. The van der Waals surface area contributed by atoms with Gasteiger partial charge in [0.2, 0.25) is 0 Å². The molecule has 15 heavy (non-hydrogen) atoms. The smallest absolute Gasteiger partial charge is 0.303 e. The average Bonchev–Trinajstić information content (AvgIpc) is 2.69. The van der Waals surface area contributed by atoms with E-state index in [0.717, 1.165) is 19.5 Å². The summed E-state index contributed by atoms with van der Waals surface area (Å²) in [6, 6.07) is 0.581. The van der Waals surface area contributed by atoms with Crippen LogP contribution in [0.25, 0.3) is 0 Å². The van der Waals surface area contributed by atoms with E-state index >= 15 is 0 Å². The van der Waals surface area contributed by atoms with E-state index in [-0.39, 0.29) is 6.42 Å². The zero-order valence-electron chi connectivity index (χ0n) is 9.54. The van der Waals surface area contributed by atoms with Crippen molar-refractivity contribution < 1.29 is 9.90 Å². The Kier molecular flexibility index (Phi) is 5.65. The largest absolute Gasteiger partial charge is 0.481 e. The molecule has 2 N–H and O–H groups in total. The highest BCUT2D eigenvalue weighted by atomic mass is 16.4. The van der Waals surface area contributed by atoms with E-state index in [0.29, 0.717) is 6.04 Å². The molecular formula is C11H22N2O2. The van der Waals surface area contributed by atoms with Crippen LogP contribution in [0.3, 0.4) is 0 Å². The molecule has 0 aromatic heterocycles. The molecule has 1 fully saturated rings. The average molecular weight is 214 g/mol. The van der Waals surface area contributed by atoms with Crippen LogP contribution in [0, 0.1) is 0 Å².